The van der Waals surface area contributed by atoms with E-state index in [1.165, 1.54) is 4.31 Å². The summed E-state index contributed by atoms with van der Waals surface area (Å²) in [4.78, 5) is 0.608. The summed E-state index contributed by atoms with van der Waals surface area (Å²) >= 11 is -1.44. The first-order valence-corrected chi connectivity index (χ1v) is 6.10. The molecular weight excluding hydrogens is 227 g/mol. The first kappa shape index (κ1) is 11.4. The minimum absolute atomic E-state index is 0.0692. The number of hydrogen-bond donors (Lipinski definition) is 0. The second-order valence-corrected chi connectivity index (χ2v) is 5.08. The molecule has 0 saturated carbocycles. The van der Waals surface area contributed by atoms with Crippen LogP contribution in [0, 0.1) is 11.3 Å². The van der Waals surface area contributed by atoms with Gasteiger partial charge in [0.1, 0.15) is 12.2 Å². The highest BCUT2D eigenvalue weighted by Gasteiger charge is 2.40. The molecule has 1 aliphatic rings. The number of nitriles is 1. The monoisotopic (exact) mass is 238 g/mol. The van der Waals surface area contributed by atoms with Crippen molar-refractivity contribution in [3.63, 3.8) is 0 Å². The van der Waals surface area contributed by atoms with Gasteiger partial charge in [-0.05, 0) is 12.1 Å². The fourth-order valence-electron chi connectivity index (χ4n) is 1.73. The van der Waals surface area contributed by atoms with Crippen molar-refractivity contribution in [1.29, 1.82) is 5.26 Å². The van der Waals surface area contributed by atoms with Crippen molar-refractivity contribution in [2.75, 3.05) is 6.54 Å². The molecule has 1 aromatic rings. The maximum absolute atomic E-state index is 13.2. The Balaban J connectivity index is 2.16. The van der Waals surface area contributed by atoms with Gasteiger partial charge in [-0.3, -0.25) is 0 Å². The Bertz CT molecular complexity index is 395. The van der Waals surface area contributed by atoms with Gasteiger partial charge in [0, 0.05) is 6.42 Å². The van der Waals surface area contributed by atoms with Crippen LogP contribution in [0.25, 0.3) is 0 Å². The lowest BCUT2D eigenvalue weighted by molar-refractivity contribution is 0.343. The summed E-state index contributed by atoms with van der Waals surface area (Å²) in [5.74, 6) is 0. The molecule has 0 radical (unpaired) electrons. The smallest absolute Gasteiger partial charge is 0.174 e. The van der Waals surface area contributed by atoms with Crippen LogP contribution in [0.15, 0.2) is 35.2 Å². The summed E-state index contributed by atoms with van der Waals surface area (Å²) in [5, 5.41) is 8.86. The summed E-state index contributed by atoms with van der Waals surface area (Å²) < 4.78 is 26.7. The fourth-order valence-corrected chi connectivity index (χ4v) is 3.05. The van der Waals surface area contributed by atoms with Crippen molar-refractivity contribution in [3.8, 4) is 6.07 Å². The van der Waals surface area contributed by atoms with E-state index in [9.17, 15) is 8.94 Å². The average molecular weight is 238 g/mol. The number of rotatable bonds is 2. The van der Waals surface area contributed by atoms with Gasteiger partial charge < -0.3 is 4.55 Å². The number of hydrogen-bond acceptors (Lipinski definition) is 3. The Kier molecular flexibility index (Phi) is 3.44. The molecule has 0 spiro atoms. The zero-order chi connectivity index (χ0) is 11.5. The van der Waals surface area contributed by atoms with Crippen molar-refractivity contribution >= 4 is 11.4 Å². The third-order valence-corrected chi connectivity index (χ3v) is 4.02. The van der Waals surface area contributed by atoms with E-state index < -0.39 is 23.6 Å². The van der Waals surface area contributed by atoms with Crippen molar-refractivity contribution in [2.45, 2.75) is 23.5 Å². The van der Waals surface area contributed by atoms with Crippen LogP contribution in [0.5, 0.6) is 0 Å². The molecule has 0 aromatic heterocycles. The molecule has 1 unspecified atom stereocenters. The number of benzene rings is 1. The van der Waals surface area contributed by atoms with Gasteiger partial charge in [0.15, 0.2) is 4.90 Å². The van der Waals surface area contributed by atoms with Crippen LogP contribution in [0.4, 0.5) is 4.39 Å². The highest BCUT2D eigenvalue weighted by atomic mass is 32.2. The van der Waals surface area contributed by atoms with E-state index >= 15 is 0 Å². The number of alkyl halides is 1. The van der Waals surface area contributed by atoms with Gasteiger partial charge in [-0.15, -0.1) is 4.31 Å². The zero-order valence-corrected chi connectivity index (χ0v) is 9.36. The molecule has 0 bridgehead atoms. The predicted octanol–water partition coefficient (Wildman–Crippen LogP) is 1.65. The molecule has 0 amide bonds. The number of nitrogens with zero attached hydrogens (tertiary/aromatic N) is 2. The van der Waals surface area contributed by atoms with Crippen molar-refractivity contribution in [2.24, 2.45) is 0 Å². The van der Waals surface area contributed by atoms with Gasteiger partial charge in [-0.25, -0.2) is 4.39 Å². The first-order chi connectivity index (χ1) is 7.72. The van der Waals surface area contributed by atoms with Crippen LogP contribution in [0.1, 0.15) is 6.42 Å². The fraction of sp³-hybridized carbons (Fsp3) is 0.364. The molecule has 0 aliphatic carbocycles. The molecule has 1 aromatic carbocycles. The van der Waals surface area contributed by atoms with Crippen LogP contribution in [-0.4, -0.2) is 27.6 Å². The summed E-state index contributed by atoms with van der Waals surface area (Å²) in [6.07, 6.45) is -0.910. The van der Waals surface area contributed by atoms with Gasteiger partial charge in [0.2, 0.25) is 0 Å². The lowest BCUT2D eigenvalue weighted by Crippen LogP contribution is -2.35. The number of halogens is 1. The zero-order valence-electron chi connectivity index (χ0n) is 8.54. The molecule has 5 heteroatoms. The standard InChI is InChI=1S/C11H11FN2OS/c12-9-6-10(7-13)14(8-9)16(15)11-4-2-1-3-5-11/h1-5,9-10H,6,8H2/t9-,10-,16?/m1/s1. The summed E-state index contributed by atoms with van der Waals surface area (Å²) in [6.45, 7) is 0.0692. The topological polar surface area (TPSA) is 50.1 Å². The van der Waals surface area contributed by atoms with Crippen molar-refractivity contribution in [3.05, 3.63) is 30.3 Å². The van der Waals surface area contributed by atoms with E-state index in [1.807, 2.05) is 12.1 Å². The van der Waals surface area contributed by atoms with Crippen LogP contribution in [0.2, 0.25) is 0 Å². The van der Waals surface area contributed by atoms with Gasteiger partial charge in [0.25, 0.3) is 0 Å². The summed E-state index contributed by atoms with van der Waals surface area (Å²) in [7, 11) is 0. The van der Waals surface area contributed by atoms with E-state index in [4.69, 9.17) is 5.26 Å². The third kappa shape index (κ3) is 2.19. The lowest BCUT2D eigenvalue weighted by atomic mass is 10.2. The average Bonchev–Trinajstić information content (AvgIpc) is 2.70. The Labute approximate surface area is 96.8 Å². The molecule has 2 rings (SSSR count). The van der Waals surface area contributed by atoms with Crippen LogP contribution >= 0.6 is 0 Å². The molecule has 1 aliphatic heterocycles. The van der Waals surface area contributed by atoms with Crippen LogP contribution in [-0.2, 0) is 11.4 Å². The molecule has 16 heavy (non-hydrogen) atoms. The quantitative estimate of drug-likeness (QED) is 0.736. The molecule has 1 heterocycles. The van der Waals surface area contributed by atoms with Gasteiger partial charge in [-0.1, -0.05) is 18.2 Å². The van der Waals surface area contributed by atoms with Gasteiger partial charge in [-0.2, -0.15) is 5.26 Å². The largest absolute Gasteiger partial charge is 0.593 e. The second-order valence-electron chi connectivity index (χ2n) is 3.64. The molecule has 1 saturated heterocycles. The maximum Gasteiger partial charge on any atom is 0.174 e. The molecular formula is C11H11FN2OS. The Morgan fingerprint density at radius 1 is 1.44 bits per heavy atom. The third-order valence-electron chi connectivity index (χ3n) is 2.51. The highest BCUT2D eigenvalue weighted by molar-refractivity contribution is 7.89. The van der Waals surface area contributed by atoms with Gasteiger partial charge >= 0.3 is 0 Å². The summed E-state index contributed by atoms with van der Waals surface area (Å²) in [6, 6.07) is 10.2. The Hall–Kier alpha value is -1.09. The van der Waals surface area contributed by atoms with E-state index in [1.54, 1.807) is 24.3 Å². The van der Waals surface area contributed by atoms with E-state index in [2.05, 4.69) is 0 Å². The minimum atomic E-state index is -1.44. The van der Waals surface area contributed by atoms with E-state index in [-0.39, 0.29) is 13.0 Å². The first-order valence-electron chi connectivity index (χ1n) is 4.99. The Morgan fingerprint density at radius 2 is 2.12 bits per heavy atom. The summed E-state index contributed by atoms with van der Waals surface area (Å²) in [5.41, 5.74) is 0. The van der Waals surface area contributed by atoms with E-state index in [0.717, 1.165) is 0 Å². The molecule has 3 nitrogen and oxygen atoms in total. The molecule has 0 N–H and O–H groups in total. The molecule has 1 fully saturated rings. The van der Waals surface area contributed by atoms with Crippen molar-refractivity contribution < 1.29 is 8.94 Å². The lowest BCUT2D eigenvalue weighted by Gasteiger charge is -2.21. The van der Waals surface area contributed by atoms with Crippen LogP contribution < -0.4 is 0 Å². The van der Waals surface area contributed by atoms with Crippen molar-refractivity contribution in [1.82, 2.24) is 4.31 Å². The van der Waals surface area contributed by atoms with Gasteiger partial charge in [0.05, 0.1) is 24.0 Å². The SMILES string of the molecule is N#C[C@H]1C[C@@H](F)CN1[S+]([O-])c1ccccc1. The second kappa shape index (κ2) is 4.83. The molecule has 84 valence electrons. The molecule has 3 atom stereocenters. The minimum Gasteiger partial charge on any atom is -0.593 e. The van der Waals surface area contributed by atoms with E-state index in [0.29, 0.717) is 4.90 Å². The maximum atomic E-state index is 13.2. The highest BCUT2D eigenvalue weighted by Crippen LogP contribution is 2.27. The predicted molar refractivity (Wildman–Crippen MR) is 58.5 cm³/mol. The normalized spacial score (nSPS) is 27.6. The van der Waals surface area contributed by atoms with Crippen LogP contribution in [0.3, 0.4) is 0 Å². The Morgan fingerprint density at radius 3 is 2.75 bits per heavy atom.